The van der Waals surface area contributed by atoms with Crippen LogP contribution in [0.2, 0.25) is 0 Å². The SMILES string of the molecule is CC(=O)O[C@@H]1[C@@H](OS(=O)(=O)c2ccc(C)cc2)CO[C@]2(COC(C)(C)O2)[C@H]1OC(C)=O. The molecule has 3 rings (SSSR count). The van der Waals surface area contributed by atoms with E-state index >= 15 is 0 Å². The van der Waals surface area contributed by atoms with Crippen molar-refractivity contribution < 1.29 is 45.9 Å². The Labute approximate surface area is 180 Å². The fourth-order valence-corrected chi connectivity index (χ4v) is 4.55. The summed E-state index contributed by atoms with van der Waals surface area (Å²) in [4.78, 5) is 23.6. The van der Waals surface area contributed by atoms with Crippen LogP contribution in [-0.2, 0) is 47.6 Å². The van der Waals surface area contributed by atoms with Crippen LogP contribution in [0.1, 0.15) is 33.3 Å². The first kappa shape index (κ1) is 23.6. The number of aryl methyl sites for hydroxylation is 1. The van der Waals surface area contributed by atoms with Crippen molar-refractivity contribution in [2.45, 2.75) is 69.4 Å². The minimum absolute atomic E-state index is 0.0782. The van der Waals surface area contributed by atoms with E-state index in [4.69, 9.17) is 27.9 Å². The molecule has 172 valence electrons. The summed E-state index contributed by atoms with van der Waals surface area (Å²) in [7, 11) is -4.24. The van der Waals surface area contributed by atoms with Gasteiger partial charge in [-0.2, -0.15) is 8.42 Å². The van der Waals surface area contributed by atoms with Gasteiger partial charge in [-0.1, -0.05) is 17.7 Å². The average Bonchev–Trinajstić information content (AvgIpc) is 2.96. The third-order valence-electron chi connectivity index (χ3n) is 4.78. The highest BCUT2D eigenvalue weighted by Gasteiger charge is 2.62. The lowest BCUT2D eigenvalue weighted by atomic mass is 9.96. The molecule has 0 aromatic heterocycles. The van der Waals surface area contributed by atoms with Gasteiger partial charge in [0.15, 0.2) is 18.0 Å². The van der Waals surface area contributed by atoms with Crippen LogP contribution >= 0.6 is 0 Å². The monoisotopic (exact) mass is 458 g/mol. The maximum Gasteiger partial charge on any atom is 0.303 e. The topological polar surface area (TPSA) is 124 Å². The van der Waals surface area contributed by atoms with Gasteiger partial charge >= 0.3 is 11.9 Å². The first-order valence-corrected chi connectivity index (χ1v) is 11.1. The van der Waals surface area contributed by atoms with E-state index in [0.29, 0.717) is 0 Å². The van der Waals surface area contributed by atoms with Crippen molar-refractivity contribution in [1.82, 2.24) is 0 Å². The molecule has 1 aromatic carbocycles. The van der Waals surface area contributed by atoms with E-state index in [9.17, 15) is 18.0 Å². The van der Waals surface area contributed by atoms with Crippen LogP contribution in [0.5, 0.6) is 0 Å². The Morgan fingerprint density at radius 3 is 2.16 bits per heavy atom. The predicted molar refractivity (Wildman–Crippen MR) is 104 cm³/mol. The van der Waals surface area contributed by atoms with Crippen molar-refractivity contribution in [3.8, 4) is 0 Å². The number of carbonyl (C=O) groups is 2. The van der Waals surface area contributed by atoms with Gasteiger partial charge in [0.1, 0.15) is 12.7 Å². The van der Waals surface area contributed by atoms with E-state index in [-0.39, 0.29) is 18.1 Å². The molecule has 2 heterocycles. The van der Waals surface area contributed by atoms with Crippen LogP contribution in [0, 0.1) is 6.92 Å². The first-order chi connectivity index (χ1) is 14.3. The van der Waals surface area contributed by atoms with E-state index in [1.54, 1.807) is 26.0 Å². The van der Waals surface area contributed by atoms with Crippen LogP contribution in [0.25, 0.3) is 0 Å². The summed E-state index contributed by atoms with van der Waals surface area (Å²) < 4.78 is 58.9. The van der Waals surface area contributed by atoms with E-state index in [1.807, 2.05) is 6.92 Å². The van der Waals surface area contributed by atoms with Crippen molar-refractivity contribution in [3.63, 3.8) is 0 Å². The number of esters is 2. The van der Waals surface area contributed by atoms with Crippen LogP contribution in [-0.4, -0.2) is 63.5 Å². The summed E-state index contributed by atoms with van der Waals surface area (Å²) in [6.45, 7) is 6.95. The van der Waals surface area contributed by atoms with Gasteiger partial charge in [-0.05, 0) is 32.9 Å². The molecular weight excluding hydrogens is 432 g/mol. The van der Waals surface area contributed by atoms with Crippen molar-refractivity contribution in [2.75, 3.05) is 13.2 Å². The number of carbonyl (C=O) groups excluding carboxylic acids is 2. The molecule has 11 heteroatoms. The molecule has 0 aliphatic carbocycles. The van der Waals surface area contributed by atoms with Gasteiger partial charge in [0.25, 0.3) is 10.1 Å². The molecule has 0 unspecified atom stereocenters. The van der Waals surface area contributed by atoms with E-state index in [1.165, 1.54) is 12.1 Å². The number of hydrogen-bond acceptors (Lipinski definition) is 10. The number of hydrogen-bond donors (Lipinski definition) is 0. The Kier molecular flexibility index (Phi) is 6.45. The summed E-state index contributed by atoms with van der Waals surface area (Å²) in [5.41, 5.74) is 0.871. The van der Waals surface area contributed by atoms with Gasteiger partial charge in [0.2, 0.25) is 5.79 Å². The summed E-state index contributed by atoms with van der Waals surface area (Å²) in [5, 5.41) is 0. The van der Waals surface area contributed by atoms with Crippen molar-refractivity contribution in [3.05, 3.63) is 29.8 Å². The molecule has 31 heavy (non-hydrogen) atoms. The largest absolute Gasteiger partial charge is 0.455 e. The minimum atomic E-state index is -4.24. The Balaban J connectivity index is 1.94. The molecule has 2 fully saturated rings. The minimum Gasteiger partial charge on any atom is -0.455 e. The second-order valence-electron chi connectivity index (χ2n) is 7.92. The zero-order valence-electron chi connectivity index (χ0n) is 17.9. The molecule has 0 amide bonds. The van der Waals surface area contributed by atoms with Gasteiger partial charge in [0.05, 0.1) is 11.5 Å². The molecule has 4 atom stereocenters. The zero-order valence-corrected chi connectivity index (χ0v) is 18.8. The van der Waals surface area contributed by atoms with Gasteiger partial charge in [0, 0.05) is 13.8 Å². The Hall–Kier alpha value is -2.05. The lowest BCUT2D eigenvalue weighted by Crippen LogP contribution is -2.65. The fraction of sp³-hybridized carbons (Fsp3) is 0.600. The second kappa shape index (κ2) is 8.47. The Morgan fingerprint density at radius 1 is 1.03 bits per heavy atom. The highest BCUT2D eigenvalue weighted by Crippen LogP contribution is 2.42. The van der Waals surface area contributed by atoms with Crippen LogP contribution < -0.4 is 0 Å². The Bertz CT molecular complexity index is 939. The normalized spacial score (nSPS) is 30.2. The summed E-state index contributed by atoms with van der Waals surface area (Å²) in [6, 6.07) is 6.05. The number of benzene rings is 1. The highest BCUT2D eigenvalue weighted by molar-refractivity contribution is 7.86. The van der Waals surface area contributed by atoms with Crippen molar-refractivity contribution >= 4 is 22.1 Å². The van der Waals surface area contributed by atoms with Crippen LogP contribution in [0.4, 0.5) is 0 Å². The molecule has 0 N–H and O–H groups in total. The smallest absolute Gasteiger partial charge is 0.303 e. The second-order valence-corrected chi connectivity index (χ2v) is 9.49. The number of rotatable bonds is 5. The van der Waals surface area contributed by atoms with Crippen LogP contribution in [0.3, 0.4) is 0 Å². The van der Waals surface area contributed by atoms with E-state index in [2.05, 4.69) is 0 Å². The standard InChI is InChI=1S/C20H26O10S/c1-12-6-8-15(9-7-12)31(23,24)29-16-10-25-20(11-26-19(4,5)30-20)18(28-14(3)22)17(16)27-13(2)21/h6-9,16-18H,10-11H2,1-5H3/t16-,17+,18-,20-/m0/s1. The molecule has 0 bridgehead atoms. The zero-order chi connectivity index (χ0) is 23.0. The highest BCUT2D eigenvalue weighted by atomic mass is 32.2. The van der Waals surface area contributed by atoms with Gasteiger partial charge in [-0.25, -0.2) is 0 Å². The first-order valence-electron chi connectivity index (χ1n) is 9.66. The molecule has 1 spiro atoms. The van der Waals surface area contributed by atoms with Crippen molar-refractivity contribution in [2.24, 2.45) is 0 Å². The van der Waals surface area contributed by atoms with Gasteiger partial charge in [-0.15, -0.1) is 0 Å². The quantitative estimate of drug-likeness (QED) is 0.473. The average molecular weight is 458 g/mol. The molecule has 2 aliphatic heterocycles. The molecule has 0 saturated carbocycles. The maximum absolute atomic E-state index is 12.8. The summed E-state index contributed by atoms with van der Waals surface area (Å²) >= 11 is 0. The number of ether oxygens (including phenoxy) is 5. The van der Waals surface area contributed by atoms with E-state index < -0.39 is 51.9 Å². The maximum atomic E-state index is 12.8. The van der Waals surface area contributed by atoms with Gasteiger partial charge in [-0.3, -0.25) is 13.8 Å². The lowest BCUT2D eigenvalue weighted by Gasteiger charge is -2.45. The predicted octanol–water partition coefficient (Wildman–Crippen LogP) is 1.44. The Morgan fingerprint density at radius 2 is 1.65 bits per heavy atom. The molecule has 2 saturated heterocycles. The molecular formula is C20H26O10S. The summed E-state index contributed by atoms with van der Waals surface area (Å²) in [5.74, 6) is -4.09. The molecule has 10 nitrogen and oxygen atoms in total. The third-order valence-corrected chi connectivity index (χ3v) is 6.13. The van der Waals surface area contributed by atoms with Gasteiger partial charge < -0.3 is 23.7 Å². The van der Waals surface area contributed by atoms with Crippen molar-refractivity contribution in [1.29, 1.82) is 0 Å². The van der Waals surface area contributed by atoms with E-state index in [0.717, 1.165) is 19.4 Å². The molecule has 1 aromatic rings. The van der Waals surface area contributed by atoms with Crippen LogP contribution in [0.15, 0.2) is 29.2 Å². The summed E-state index contributed by atoms with van der Waals surface area (Å²) in [6.07, 6.45) is -3.95. The fourth-order valence-electron chi connectivity index (χ4n) is 3.48. The molecule has 0 radical (unpaired) electrons. The third kappa shape index (κ3) is 5.24. The lowest BCUT2D eigenvalue weighted by molar-refractivity contribution is -0.337. The molecule has 2 aliphatic rings.